The minimum absolute atomic E-state index is 0.407. The monoisotopic (exact) mass is 251 g/mol. The van der Waals surface area contributed by atoms with Gasteiger partial charge in [-0.1, -0.05) is 5.16 Å². The summed E-state index contributed by atoms with van der Waals surface area (Å²) in [7, 11) is 0. The molecule has 0 bridgehead atoms. The molecular formula is C10H16F3N3O. The Hall–Kier alpha value is -1.42. The molecule has 0 heterocycles. The Bertz CT molecular complexity index is 284. The lowest BCUT2D eigenvalue weighted by Gasteiger charge is -2.19. The van der Waals surface area contributed by atoms with Gasteiger partial charge in [0.2, 0.25) is 0 Å². The van der Waals surface area contributed by atoms with Crippen LogP contribution in [0.25, 0.3) is 0 Å². The number of oxime groups is 1. The summed E-state index contributed by atoms with van der Waals surface area (Å²) in [5.41, 5.74) is 4.98. The van der Waals surface area contributed by atoms with E-state index in [0.717, 1.165) is 6.42 Å². The fourth-order valence-corrected chi connectivity index (χ4v) is 1.18. The number of terminal acetylenes is 1. The zero-order chi connectivity index (χ0) is 13.3. The van der Waals surface area contributed by atoms with Gasteiger partial charge in [0.25, 0.3) is 0 Å². The molecule has 0 fully saturated rings. The summed E-state index contributed by atoms with van der Waals surface area (Å²) >= 11 is 0. The van der Waals surface area contributed by atoms with Crippen molar-refractivity contribution in [3.63, 3.8) is 0 Å². The minimum Gasteiger partial charge on any atom is -0.409 e. The minimum atomic E-state index is -4.53. The molecule has 4 nitrogen and oxygen atoms in total. The van der Waals surface area contributed by atoms with Crippen LogP contribution in [0, 0.1) is 18.3 Å². The van der Waals surface area contributed by atoms with Crippen LogP contribution in [0.15, 0.2) is 5.16 Å². The van der Waals surface area contributed by atoms with Crippen LogP contribution >= 0.6 is 0 Å². The molecule has 4 N–H and O–H groups in total. The van der Waals surface area contributed by atoms with Crippen LogP contribution < -0.4 is 11.1 Å². The van der Waals surface area contributed by atoms with Gasteiger partial charge in [-0.2, -0.15) is 13.2 Å². The highest BCUT2D eigenvalue weighted by Crippen LogP contribution is 2.25. The lowest BCUT2D eigenvalue weighted by Crippen LogP contribution is -2.43. The molecule has 0 spiro atoms. The van der Waals surface area contributed by atoms with Crippen LogP contribution in [0.5, 0.6) is 0 Å². The molecule has 0 aliphatic heterocycles. The molecule has 0 radical (unpaired) electrons. The highest BCUT2D eigenvalue weighted by atomic mass is 19.4. The van der Waals surface area contributed by atoms with E-state index in [-0.39, 0.29) is 0 Å². The molecular weight excluding hydrogens is 235 g/mol. The van der Waals surface area contributed by atoms with Gasteiger partial charge >= 0.3 is 6.18 Å². The lowest BCUT2D eigenvalue weighted by atomic mass is 10.1. The number of alkyl halides is 3. The Morgan fingerprint density at radius 1 is 1.47 bits per heavy atom. The molecule has 0 amide bonds. The molecule has 98 valence electrons. The molecule has 0 rings (SSSR count). The molecule has 0 saturated carbocycles. The summed E-state index contributed by atoms with van der Waals surface area (Å²) in [6.07, 6.45) is 2.54. The predicted octanol–water partition coefficient (Wildman–Crippen LogP) is 1.30. The topological polar surface area (TPSA) is 70.6 Å². The Balaban J connectivity index is 4.00. The number of rotatable bonds is 7. The van der Waals surface area contributed by atoms with Crippen LogP contribution in [0.3, 0.4) is 0 Å². The van der Waals surface area contributed by atoms with Gasteiger partial charge in [0.15, 0.2) is 5.84 Å². The molecule has 0 aliphatic carbocycles. The van der Waals surface area contributed by atoms with Gasteiger partial charge in [-0.25, -0.2) is 0 Å². The second kappa shape index (κ2) is 7.79. The van der Waals surface area contributed by atoms with Gasteiger partial charge in [0.1, 0.15) is 5.92 Å². The Kier molecular flexibility index (Phi) is 7.14. The smallest absolute Gasteiger partial charge is 0.400 e. The summed E-state index contributed by atoms with van der Waals surface area (Å²) in [4.78, 5) is 0. The van der Waals surface area contributed by atoms with Gasteiger partial charge in [0.05, 0.1) is 0 Å². The number of nitrogens with zero attached hydrogens (tertiary/aromatic N) is 1. The number of nitrogens with one attached hydrogen (secondary N) is 1. The molecule has 0 saturated heterocycles. The van der Waals surface area contributed by atoms with Crippen LogP contribution in [0.2, 0.25) is 0 Å². The van der Waals surface area contributed by atoms with E-state index in [9.17, 15) is 13.2 Å². The highest BCUT2D eigenvalue weighted by Gasteiger charge is 2.42. The van der Waals surface area contributed by atoms with E-state index in [1.54, 1.807) is 0 Å². The number of hydrogen-bond donors (Lipinski definition) is 3. The number of halogens is 3. The van der Waals surface area contributed by atoms with Crippen molar-refractivity contribution in [3.8, 4) is 12.3 Å². The Morgan fingerprint density at radius 2 is 2.12 bits per heavy atom. The van der Waals surface area contributed by atoms with Crippen molar-refractivity contribution in [2.45, 2.75) is 25.4 Å². The third-order valence-corrected chi connectivity index (χ3v) is 2.14. The molecule has 1 atom stereocenters. The number of hydrogen-bond acceptors (Lipinski definition) is 3. The Labute approximate surface area is 98.1 Å². The van der Waals surface area contributed by atoms with Crippen molar-refractivity contribution in [2.24, 2.45) is 16.8 Å². The quantitative estimate of drug-likeness (QED) is 0.159. The van der Waals surface area contributed by atoms with Crippen LogP contribution in [0.1, 0.15) is 19.3 Å². The van der Waals surface area contributed by atoms with Gasteiger partial charge in [-0.15, -0.1) is 12.3 Å². The van der Waals surface area contributed by atoms with Gasteiger partial charge in [0, 0.05) is 13.0 Å². The van der Waals surface area contributed by atoms with Crippen LogP contribution in [-0.2, 0) is 0 Å². The van der Waals surface area contributed by atoms with Crippen molar-refractivity contribution in [1.29, 1.82) is 0 Å². The normalized spacial score (nSPS) is 14.4. The maximum absolute atomic E-state index is 12.4. The molecule has 17 heavy (non-hydrogen) atoms. The van der Waals surface area contributed by atoms with Crippen molar-refractivity contribution >= 4 is 5.84 Å². The summed E-state index contributed by atoms with van der Waals surface area (Å²) in [5.74, 6) is -0.372. The predicted molar refractivity (Wildman–Crippen MR) is 58.5 cm³/mol. The standard InChI is InChI=1S/C10H16F3N3O/c1-2-3-4-5-6-15-7-8(9(14)16-17)10(11,12)13/h1,8,15,17H,3-7H2,(H2,14,16). The average Bonchev–Trinajstić information content (AvgIpc) is 2.25. The van der Waals surface area contributed by atoms with Crippen molar-refractivity contribution in [2.75, 3.05) is 13.1 Å². The first kappa shape index (κ1) is 15.6. The van der Waals surface area contributed by atoms with Crippen molar-refractivity contribution < 1.29 is 18.4 Å². The first-order chi connectivity index (χ1) is 7.93. The van der Waals surface area contributed by atoms with Crippen molar-refractivity contribution in [3.05, 3.63) is 0 Å². The third kappa shape index (κ3) is 6.68. The van der Waals surface area contributed by atoms with Crippen LogP contribution in [-0.4, -0.2) is 30.3 Å². The second-order valence-electron chi connectivity index (χ2n) is 3.48. The first-order valence-corrected chi connectivity index (χ1v) is 5.11. The van der Waals surface area contributed by atoms with Gasteiger partial charge in [-0.05, 0) is 19.4 Å². The van der Waals surface area contributed by atoms with Gasteiger partial charge < -0.3 is 16.3 Å². The van der Waals surface area contributed by atoms with Gasteiger partial charge in [-0.3, -0.25) is 0 Å². The van der Waals surface area contributed by atoms with E-state index in [4.69, 9.17) is 17.4 Å². The molecule has 1 unspecified atom stereocenters. The van der Waals surface area contributed by atoms with E-state index < -0.39 is 24.5 Å². The molecule has 0 aromatic rings. The first-order valence-electron chi connectivity index (χ1n) is 5.11. The molecule has 0 aromatic heterocycles. The number of unbranched alkanes of at least 4 members (excludes halogenated alkanes) is 2. The molecule has 7 heteroatoms. The highest BCUT2D eigenvalue weighted by molar-refractivity contribution is 5.83. The van der Waals surface area contributed by atoms with Crippen molar-refractivity contribution in [1.82, 2.24) is 5.32 Å². The lowest BCUT2D eigenvalue weighted by molar-refractivity contribution is -0.154. The zero-order valence-corrected chi connectivity index (χ0v) is 9.30. The third-order valence-electron chi connectivity index (χ3n) is 2.14. The molecule has 0 aromatic carbocycles. The van der Waals surface area contributed by atoms with E-state index in [1.165, 1.54) is 0 Å². The average molecular weight is 251 g/mol. The summed E-state index contributed by atoms with van der Waals surface area (Å²) < 4.78 is 37.3. The van der Waals surface area contributed by atoms with E-state index in [0.29, 0.717) is 19.4 Å². The fraction of sp³-hybridized carbons (Fsp3) is 0.700. The van der Waals surface area contributed by atoms with E-state index in [1.807, 2.05) is 0 Å². The Morgan fingerprint density at radius 3 is 2.59 bits per heavy atom. The second-order valence-corrected chi connectivity index (χ2v) is 3.48. The largest absolute Gasteiger partial charge is 0.409 e. The number of amidine groups is 1. The summed E-state index contributed by atoms with van der Waals surface area (Å²) in [6, 6.07) is 0. The molecule has 0 aliphatic rings. The van der Waals surface area contributed by atoms with E-state index >= 15 is 0 Å². The SMILES string of the molecule is C#CCCCCNCC(C(N)=NO)C(F)(F)F. The fourth-order valence-electron chi connectivity index (χ4n) is 1.18. The van der Waals surface area contributed by atoms with Crippen LogP contribution in [0.4, 0.5) is 13.2 Å². The maximum Gasteiger partial charge on any atom is 0.400 e. The number of nitrogens with two attached hydrogens (primary N) is 1. The maximum atomic E-state index is 12.4. The summed E-state index contributed by atoms with van der Waals surface area (Å²) in [6.45, 7) is 0.00240. The van der Waals surface area contributed by atoms with E-state index in [2.05, 4.69) is 16.4 Å². The summed E-state index contributed by atoms with van der Waals surface area (Å²) in [5, 5.41) is 13.3. The zero-order valence-electron chi connectivity index (χ0n) is 9.30.